The van der Waals surface area contributed by atoms with E-state index in [1.807, 2.05) is 12.3 Å². The van der Waals surface area contributed by atoms with E-state index in [9.17, 15) is 0 Å². The van der Waals surface area contributed by atoms with Crippen molar-refractivity contribution in [2.24, 2.45) is 0 Å². The number of fused-ring (bicyclic) bond motifs is 1. The Morgan fingerprint density at radius 2 is 1.89 bits per heavy atom. The highest BCUT2D eigenvalue weighted by molar-refractivity contribution is 6.33. The minimum atomic E-state index is 0.815. The molecule has 1 N–H and O–H groups in total. The van der Waals surface area contributed by atoms with Crippen LogP contribution in [0.2, 0.25) is 5.02 Å². The zero-order valence-corrected chi connectivity index (χ0v) is 16.9. The van der Waals surface area contributed by atoms with E-state index in [0.29, 0.717) is 0 Å². The van der Waals surface area contributed by atoms with Gasteiger partial charge < -0.3 is 10.2 Å². The van der Waals surface area contributed by atoms with Gasteiger partial charge in [-0.25, -0.2) is 0 Å². The first-order chi connectivity index (χ1) is 13.2. The molecule has 1 aromatic heterocycles. The average molecular weight is 385 g/mol. The van der Waals surface area contributed by atoms with E-state index in [1.54, 1.807) is 0 Å². The van der Waals surface area contributed by atoms with Gasteiger partial charge in [-0.05, 0) is 81.2 Å². The van der Waals surface area contributed by atoms with E-state index < -0.39 is 0 Å². The molecule has 1 aromatic carbocycles. The fourth-order valence-corrected chi connectivity index (χ4v) is 4.57. The van der Waals surface area contributed by atoms with Gasteiger partial charge in [0.1, 0.15) is 0 Å². The molecule has 0 bridgehead atoms. The van der Waals surface area contributed by atoms with Crippen LogP contribution >= 0.6 is 11.6 Å². The van der Waals surface area contributed by atoms with Crippen LogP contribution in [0, 0.1) is 0 Å². The van der Waals surface area contributed by atoms with Crippen molar-refractivity contribution >= 4 is 23.0 Å². The standard InChI is InChI=1S/C22H29ClN4/c1-26(22-20-10-12-24-11-9-17(20)5-8-21(22)23)19-7-6-18(25-15-19)16-27-13-3-2-4-14-27/h5-8,15,24H,2-4,9-14,16H2,1H3. The normalized spacial score (nSPS) is 18.0. The van der Waals surface area contributed by atoms with Crippen LogP contribution < -0.4 is 10.2 Å². The van der Waals surface area contributed by atoms with Gasteiger partial charge in [0.15, 0.2) is 0 Å². The van der Waals surface area contributed by atoms with E-state index in [1.165, 1.54) is 43.5 Å². The fourth-order valence-electron chi connectivity index (χ4n) is 4.27. The van der Waals surface area contributed by atoms with Gasteiger partial charge in [0, 0.05) is 13.6 Å². The smallest absolute Gasteiger partial charge is 0.0646 e. The van der Waals surface area contributed by atoms with E-state index in [4.69, 9.17) is 16.6 Å². The third-order valence-electron chi connectivity index (χ3n) is 5.82. The van der Waals surface area contributed by atoms with Crippen LogP contribution in [0.3, 0.4) is 0 Å². The number of rotatable bonds is 4. The lowest BCUT2D eigenvalue weighted by Crippen LogP contribution is -2.29. The minimum absolute atomic E-state index is 0.815. The fraction of sp³-hybridized carbons (Fsp3) is 0.500. The first-order valence-corrected chi connectivity index (χ1v) is 10.5. The number of anilines is 2. The second-order valence-corrected chi connectivity index (χ2v) is 8.09. The number of benzene rings is 1. The van der Waals surface area contributed by atoms with Crippen LogP contribution in [0.1, 0.15) is 36.1 Å². The Bertz CT molecular complexity index is 769. The van der Waals surface area contributed by atoms with Gasteiger partial charge in [0.05, 0.1) is 28.3 Å². The van der Waals surface area contributed by atoms with E-state index in [2.05, 4.69) is 40.4 Å². The lowest BCUT2D eigenvalue weighted by molar-refractivity contribution is 0.218. The van der Waals surface area contributed by atoms with Crippen molar-refractivity contribution < 1.29 is 0 Å². The zero-order chi connectivity index (χ0) is 18.6. The Labute approximate surface area is 167 Å². The number of aromatic nitrogens is 1. The number of pyridine rings is 1. The molecule has 0 unspecified atom stereocenters. The second-order valence-electron chi connectivity index (χ2n) is 7.69. The molecule has 1 saturated heterocycles. The summed E-state index contributed by atoms with van der Waals surface area (Å²) in [6.07, 6.45) is 8.05. The summed E-state index contributed by atoms with van der Waals surface area (Å²) in [5.41, 5.74) is 6.14. The summed E-state index contributed by atoms with van der Waals surface area (Å²) in [5, 5.41) is 4.30. The lowest BCUT2D eigenvalue weighted by Gasteiger charge is -2.27. The first kappa shape index (κ1) is 18.7. The Kier molecular flexibility index (Phi) is 5.96. The van der Waals surface area contributed by atoms with Crippen molar-refractivity contribution in [3.05, 3.63) is 52.3 Å². The van der Waals surface area contributed by atoms with E-state index in [-0.39, 0.29) is 0 Å². The molecule has 2 aromatic rings. The summed E-state index contributed by atoms with van der Waals surface area (Å²) < 4.78 is 0. The highest BCUT2D eigenvalue weighted by atomic mass is 35.5. The van der Waals surface area contributed by atoms with Crippen LogP contribution in [-0.2, 0) is 19.4 Å². The molecule has 4 rings (SSSR count). The van der Waals surface area contributed by atoms with Crippen molar-refractivity contribution in [3.8, 4) is 0 Å². The highest BCUT2D eigenvalue weighted by Crippen LogP contribution is 2.36. The number of halogens is 1. The van der Waals surface area contributed by atoms with Crippen molar-refractivity contribution in [3.63, 3.8) is 0 Å². The molecule has 144 valence electrons. The third-order valence-corrected chi connectivity index (χ3v) is 6.12. The first-order valence-electron chi connectivity index (χ1n) is 10.1. The maximum atomic E-state index is 6.63. The van der Waals surface area contributed by atoms with Crippen molar-refractivity contribution in [1.29, 1.82) is 0 Å². The monoisotopic (exact) mass is 384 g/mol. The Hall–Kier alpha value is -1.62. The molecular formula is C22H29ClN4. The molecule has 2 aliphatic heterocycles. The highest BCUT2D eigenvalue weighted by Gasteiger charge is 2.19. The van der Waals surface area contributed by atoms with Gasteiger partial charge in [0.2, 0.25) is 0 Å². The molecule has 0 atom stereocenters. The van der Waals surface area contributed by atoms with Gasteiger partial charge in [-0.2, -0.15) is 0 Å². The predicted molar refractivity (Wildman–Crippen MR) is 113 cm³/mol. The summed E-state index contributed by atoms with van der Waals surface area (Å²) in [5.74, 6) is 0. The van der Waals surface area contributed by atoms with Crippen LogP contribution in [-0.4, -0.2) is 43.1 Å². The minimum Gasteiger partial charge on any atom is -0.342 e. The molecule has 2 aliphatic rings. The molecule has 27 heavy (non-hydrogen) atoms. The Morgan fingerprint density at radius 3 is 2.67 bits per heavy atom. The van der Waals surface area contributed by atoms with Crippen LogP contribution in [0.15, 0.2) is 30.5 Å². The lowest BCUT2D eigenvalue weighted by atomic mass is 10.00. The number of hydrogen-bond acceptors (Lipinski definition) is 4. The van der Waals surface area contributed by atoms with Gasteiger partial charge in [-0.15, -0.1) is 0 Å². The molecule has 0 amide bonds. The van der Waals surface area contributed by atoms with E-state index >= 15 is 0 Å². The number of likely N-dealkylation sites (tertiary alicyclic amines) is 1. The molecule has 3 heterocycles. The molecule has 0 spiro atoms. The topological polar surface area (TPSA) is 31.4 Å². The van der Waals surface area contributed by atoms with Crippen LogP contribution in [0.4, 0.5) is 11.4 Å². The number of nitrogens with zero attached hydrogens (tertiary/aromatic N) is 3. The number of piperidine rings is 1. The summed E-state index contributed by atoms with van der Waals surface area (Å²) in [6, 6.07) is 8.56. The SMILES string of the molecule is CN(c1ccc(CN2CCCCC2)nc1)c1c(Cl)ccc2c1CCNCC2. The van der Waals surface area contributed by atoms with Crippen molar-refractivity contribution in [1.82, 2.24) is 15.2 Å². The summed E-state index contributed by atoms with van der Waals surface area (Å²) in [7, 11) is 2.10. The number of hydrogen-bond donors (Lipinski definition) is 1. The summed E-state index contributed by atoms with van der Waals surface area (Å²) >= 11 is 6.63. The molecular weight excluding hydrogens is 356 g/mol. The zero-order valence-electron chi connectivity index (χ0n) is 16.2. The van der Waals surface area contributed by atoms with E-state index in [0.717, 1.165) is 54.6 Å². The Balaban J connectivity index is 1.55. The van der Waals surface area contributed by atoms with Crippen molar-refractivity contribution in [2.75, 3.05) is 38.1 Å². The van der Waals surface area contributed by atoms with Gasteiger partial charge in [0.25, 0.3) is 0 Å². The molecule has 0 radical (unpaired) electrons. The molecule has 0 saturated carbocycles. The van der Waals surface area contributed by atoms with Crippen molar-refractivity contribution in [2.45, 2.75) is 38.6 Å². The molecule has 1 fully saturated rings. The molecule has 5 heteroatoms. The predicted octanol–water partition coefficient (Wildman–Crippen LogP) is 4.18. The second kappa shape index (κ2) is 8.59. The molecule has 4 nitrogen and oxygen atoms in total. The average Bonchev–Trinajstić information content (AvgIpc) is 2.94. The quantitative estimate of drug-likeness (QED) is 0.856. The van der Waals surface area contributed by atoms with Gasteiger partial charge in [-0.3, -0.25) is 9.88 Å². The summed E-state index contributed by atoms with van der Waals surface area (Å²) in [4.78, 5) is 9.45. The number of nitrogens with one attached hydrogen (secondary N) is 1. The van der Waals surface area contributed by atoms with Crippen LogP contribution in [0.25, 0.3) is 0 Å². The van der Waals surface area contributed by atoms with Gasteiger partial charge >= 0.3 is 0 Å². The molecule has 0 aliphatic carbocycles. The Morgan fingerprint density at radius 1 is 1.07 bits per heavy atom. The van der Waals surface area contributed by atoms with Crippen LogP contribution in [0.5, 0.6) is 0 Å². The largest absolute Gasteiger partial charge is 0.342 e. The third kappa shape index (κ3) is 4.29. The maximum Gasteiger partial charge on any atom is 0.0646 e. The summed E-state index contributed by atoms with van der Waals surface area (Å²) in [6.45, 7) is 5.38. The maximum absolute atomic E-state index is 6.63. The van der Waals surface area contributed by atoms with Gasteiger partial charge in [-0.1, -0.05) is 24.1 Å².